The Morgan fingerprint density at radius 2 is 1.65 bits per heavy atom. The Balaban J connectivity index is 2.21. The van der Waals surface area contributed by atoms with Gasteiger partial charge in [-0.25, -0.2) is 0 Å². The fourth-order valence-electron chi connectivity index (χ4n) is 3.09. The monoisotopic (exact) mass is 273 g/mol. The molecule has 0 saturated heterocycles. The predicted octanol–water partition coefficient (Wildman–Crippen LogP) is 3.98. The smallest absolute Gasteiger partial charge is 0.118 e. The van der Waals surface area contributed by atoms with Gasteiger partial charge in [0.1, 0.15) is 5.75 Å². The molecule has 0 aliphatic heterocycles. The molecule has 0 amide bonds. The lowest BCUT2D eigenvalue weighted by Gasteiger charge is -2.33. The van der Waals surface area contributed by atoms with Crippen molar-refractivity contribution in [3.05, 3.63) is 29.8 Å². The summed E-state index contributed by atoms with van der Waals surface area (Å²) in [6, 6.07) is 9.84. The van der Waals surface area contributed by atoms with Gasteiger partial charge < -0.3 is 9.84 Å². The number of nitrogens with zero attached hydrogens (tertiary/aromatic N) is 1. The fraction of sp³-hybridized carbons (Fsp3) is 0.588. The highest BCUT2D eigenvalue weighted by molar-refractivity contribution is 5.30. The maximum absolute atomic E-state index is 10.7. The highest BCUT2D eigenvalue weighted by atomic mass is 16.5. The zero-order valence-corrected chi connectivity index (χ0v) is 12.1. The van der Waals surface area contributed by atoms with Gasteiger partial charge >= 0.3 is 0 Å². The van der Waals surface area contributed by atoms with Gasteiger partial charge in [0.15, 0.2) is 0 Å². The summed E-state index contributed by atoms with van der Waals surface area (Å²) in [5.74, 6) is 0.768. The lowest BCUT2D eigenvalue weighted by atomic mass is 9.71. The van der Waals surface area contributed by atoms with Crippen LogP contribution in [0.4, 0.5) is 0 Å². The van der Waals surface area contributed by atoms with Gasteiger partial charge in [0.2, 0.25) is 0 Å². The molecule has 1 aromatic carbocycles. The van der Waals surface area contributed by atoms with Crippen LogP contribution in [0.15, 0.2) is 24.3 Å². The van der Waals surface area contributed by atoms with Crippen LogP contribution in [0, 0.1) is 16.7 Å². The van der Waals surface area contributed by atoms with Crippen LogP contribution in [-0.2, 0) is 0 Å². The van der Waals surface area contributed by atoms with Gasteiger partial charge in [0, 0.05) is 0 Å². The van der Waals surface area contributed by atoms with Crippen LogP contribution in [0.3, 0.4) is 0 Å². The van der Waals surface area contributed by atoms with E-state index in [0.29, 0.717) is 0 Å². The third-order valence-corrected chi connectivity index (χ3v) is 4.42. The third kappa shape index (κ3) is 3.13. The maximum Gasteiger partial charge on any atom is 0.118 e. The van der Waals surface area contributed by atoms with Crippen molar-refractivity contribution in [2.75, 3.05) is 7.11 Å². The summed E-state index contributed by atoms with van der Waals surface area (Å²) in [4.78, 5) is 0. The Kier molecular flexibility index (Phi) is 5.03. The molecule has 0 heterocycles. The summed E-state index contributed by atoms with van der Waals surface area (Å²) in [6.45, 7) is 0. The molecule has 0 bridgehead atoms. The van der Waals surface area contributed by atoms with Crippen molar-refractivity contribution in [2.45, 2.75) is 51.0 Å². The van der Waals surface area contributed by atoms with Gasteiger partial charge in [-0.3, -0.25) is 0 Å². The van der Waals surface area contributed by atoms with E-state index in [1.54, 1.807) is 7.11 Å². The van der Waals surface area contributed by atoms with E-state index < -0.39 is 11.5 Å². The summed E-state index contributed by atoms with van der Waals surface area (Å²) in [6.07, 6.45) is 6.50. The quantitative estimate of drug-likeness (QED) is 0.906. The number of benzene rings is 1. The lowest BCUT2D eigenvalue weighted by molar-refractivity contribution is 0.0434. The van der Waals surface area contributed by atoms with Crippen molar-refractivity contribution in [1.29, 1.82) is 5.26 Å². The molecule has 0 aromatic heterocycles. The molecule has 1 aromatic rings. The van der Waals surface area contributed by atoms with Crippen molar-refractivity contribution in [3.8, 4) is 11.8 Å². The Morgan fingerprint density at radius 3 is 2.15 bits per heavy atom. The molecule has 1 fully saturated rings. The molecular formula is C17H23NO2. The molecule has 1 saturated carbocycles. The van der Waals surface area contributed by atoms with Gasteiger partial charge in [-0.05, 0) is 30.5 Å². The number of aliphatic hydroxyl groups is 1. The van der Waals surface area contributed by atoms with E-state index in [-0.39, 0.29) is 0 Å². The van der Waals surface area contributed by atoms with E-state index >= 15 is 0 Å². The standard InChI is InChI=1S/C17H23NO2/c1-20-15-9-7-14(8-10-15)16(19)17(13-18)11-5-3-2-4-6-12-17/h7-10,16,19H,2-6,11-12H2,1H3. The zero-order chi connectivity index (χ0) is 14.4. The highest BCUT2D eigenvalue weighted by Gasteiger charge is 2.38. The number of hydrogen-bond donors (Lipinski definition) is 1. The third-order valence-electron chi connectivity index (χ3n) is 4.42. The minimum Gasteiger partial charge on any atom is -0.497 e. The number of ether oxygens (including phenoxy) is 1. The van der Waals surface area contributed by atoms with Crippen molar-refractivity contribution < 1.29 is 9.84 Å². The van der Waals surface area contributed by atoms with Gasteiger partial charge in [0.25, 0.3) is 0 Å². The number of nitriles is 1. The summed E-state index contributed by atoms with van der Waals surface area (Å²) >= 11 is 0. The number of hydrogen-bond acceptors (Lipinski definition) is 3. The molecule has 20 heavy (non-hydrogen) atoms. The maximum atomic E-state index is 10.7. The Labute approximate surface area is 121 Å². The van der Waals surface area contributed by atoms with Crippen LogP contribution in [0.25, 0.3) is 0 Å². The highest BCUT2D eigenvalue weighted by Crippen LogP contribution is 2.44. The predicted molar refractivity (Wildman–Crippen MR) is 78.3 cm³/mol. The van der Waals surface area contributed by atoms with Crippen molar-refractivity contribution in [1.82, 2.24) is 0 Å². The van der Waals surface area contributed by atoms with E-state index in [0.717, 1.165) is 37.0 Å². The molecule has 1 unspecified atom stereocenters. The van der Waals surface area contributed by atoms with E-state index in [1.165, 1.54) is 19.3 Å². The largest absolute Gasteiger partial charge is 0.497 e. The molecule has 1 N–H and O–H groups in total. The van der Waals surface area contributed by atoms with Crippen molar-refractivity contribution in [2.24, 2.45) is 5.41 Å². The average molecular weight is 273 g/mol. The Morgan fingerprint density at radius 1 is 1.10 bits per heavy atom. The second kappa shape index (κ2) is 6.76. The van der Waals surface area contributed by atoms with Crippen molar-refractivity contribution in [3.63, 3.8) is 0 Å². The van der Waals surface area contributed by atoms with E-state index in [2.05, 4.69) is 6.07 Å². The van der Waals surface area contributed by atoms with Crippen LogP contribution < -0.4 is 4.74 Å². The molecule has 2 rings (SSSR count). The van der Waals surface area contributed by atoms with Gasteiger partial charge in [0.05, 0.1) is 24.7 Å². The molecule has 1 atom stereocenters. The molecule has 3 nitrogen and oxygen atoms in total. The molecule has 108 valence electrons. The molecular weight excluding hydrogens is 250 g/mol. The number of methoxy groups -OCH3 is 1. The number of rotatable bonds is 3. The summed E-state index contributed by atoms with van der Waals surface area (Å²) in [7, 11) is 1.62. The first-order valence-corrected chi connectivity index (χ1v) is 7.45. The summed E-state index contributed by atoms with van der Waals surface area (Å²) < 4.78 is 5.14. The summed E-state index contributed by atoms with van der Waals surface area (Å²) in [5, 5.41) is 20.4. The molecule has 3 heteroatoms. The first-order chi connectivity index (χ1) is 9.72. The minimum absolute atomic E-state index is 0.630. The topological polar surface area (TPSA) is 53.2 Å². The zero-order valence-electron chi connectivity index (χ0n) is 12.1. The van der Waals surface area contributed by atoms with Gasteiger partial charge in [-0.15, -0.1) is 0 Å². The second-order valence-electron chi connectivity index (χ2n) is 5.71. The molecule has 1 aliphatic rings. The van der Waals surface area contributed by atoms with E-state index in [9.17, 15) is 10.4 Å². The average Bonchev–Trinajstić information content (AvgIpc) is 2.47. The van der Waals surface area contributed by atoms with Crippen LogP contribution in [-0.4, -0.2) is 12.2 Å². The van der Waals surface area contributed by atoms with Gasteiger partial charge in [-0.2, -0.15) is 5.26 Å². The minimum atomic E-state index is -0.712. The SMILES string of the molecule is COc1ccc(C(O)C2(C#N)CCCCCCC2)cc1. The normalized spacial score (nSPS) is 20.2. The van der Waals surface area contributed by atoms with E-state index in [4.69, 9.17) is 4.74 Å². The van der Waals surface area contributed by atoms with Crippen LogP contribution >= 0.6 is 0 Å². The summed E-state index contributed by atoms with van der Waals surface area (Å²) in [5.41, 5.74) is 0.183. The van der Waals surface area contributed by atoms with Gasteiger partial charge in [-0.1, -0.05) is 44.2 Å². The Hall–Kier alpha value is -1.53. The van der Waals surface area contributed by atoms with Crippen LogP contribution in [0.5, 0.6) is 5.75 Å². The van der Waals surface area contributed by atoms with Crippen LogP contribution in [0.1, 0.15) is 56.6 Å². The van der Waals surface area contributed by atoms with E-state index in [1.807, 2.05) is 24.3 Å². The Bertz CT molecular complexity index is 453. The molecule has 0 radical (unpaired) electrons. The second-order valence-corrected chi connectivity index (χ2v) is 5.71. The first kappa shape index (κ1) is 14.9. The number of aliphatic hydroxyl groups excluding tert-OH is 1. The molecule has 1 aliphatic carbocycles. The lowest BCUT2D eigenvalue weighted by Crippen LogP contribution is -2.28. The van der Waals surface area contributed by atoms with Crippen molar-refractivity contribution >= 4 is 0 Å². The molecule has 0 spiro atoms. The first-order valence-electron chi connectivity index (χ1n) is 7.45. The van der Waals surface area contributed by atoms with Crippen LogP contribution in [0.2, 0.25) is 0 Å². The fourth-order valence-corrected chi connectivity index (χ4v) is 3.09.